The highest BCUT2D eigenvalue weighted by Gasteiger charge is 2.33. The number of hydrogen-bond donors (Lipinski definition) is 1. The standard InChI is InChI=1S/C16H28N2O3/c1-16(2,3)15(20)18-8-4-6-12(11-18)14(19)17-10-13-7-5-9-21-13/h12-13H,4-11H2,1-3H3,(H,17,19)/t12-,13-/m0/s1. The molecule has 0 aromatic rings. The van der Waals surface area contributed by atoms with E-state index in [4.69, 9.17) is 4.74 Å². The van der Waals surface area contributed by atoms with Crippen molar-refractivity contribution in [2.24, 2.45) is 11.3 Å². The normalized spacial score (nSPS) is 26.7. The van der Waals surface area contributed by atoms with Crippen LogP contribution < -0.4 is 5.32 Å². The Morgan fingerprint density at radius 3 is 2.62 bits per heavy atom. The molecule has 2 atom stereocenters. The van der Waals surface area contributed by atoms with Gasteiger partial charge in [0.15, 0.2) is 0 Å². The smallest absolute Gasteiger partial charge is 0.227 e. The summed E-state index contributed by atoms with van der Waals surface area (Å²) in [5.74, 6) is 0.127. The van der Waals surface area contributed by atoms with E-state index in [9.17, 15) is 9.59 Å². The minimum atomic E-state index is -0.379. The van der Waals surface area contributed by atoms with E-state index in [1.54, 1.807) is 0 Å². The number of carbonyl (C=O) groups excluding carboxylic acids is 2. The summed E-state index contributed by atoms with van der Waals surface area (Å²) in [6.07, 6.45) is 4.05. The summed E-state index contributed by atoms with van der Waals surface area (Å²) < 4.78 is 5.52. The van der Waals surface area contributed by atoms with Crippen LogP contribution in [0.1, 0.15) is 46.5 Å². The molecule has 2 fully saturated rings. The van der Waals surface area contributed by atoms with Crippen LogP contribution in [0.4, 0.5) is 0 Å². The summed E-state index contributed by atoms with van der Waals surface area (Å²) in [6, 6.07) is 0. The van der Waals surface area contributed by atoms with E-state index in [0.29, 0.717) is 13.1 Å². The molecule has 0 aromatic carbocycles. The van der Waals surface area contributed by atoms with Gasteiger partial charge in [0.25, 0.3) is 0 Å². The number of piperidine rings is 1. The van der Waals surface area contributed by atoms with E-state index in [1.807, 2.05) is 25.7 Å². The molecule has 0 aromatic heterocycles. The maximum absolute atomic E-state index is 12.3. The van der Waals surface area contributed by atoms with E-state index in [1.165, 1.54) is 0 Å². The lowest BCUT2D eigenvalue weighted by Crippen LogP contribution is -2.49. The molecule has 0 saturated carbocycles. The van der Waals surface area contributed by atoms with Crippen molar-refractivity contribution in [2.75, 3.05) is 26.2 Å². The molecule has 2 saturated heterocycles. The van der Waals surface area contributed by atoms with Gasteiger partial charge in [-0.15, -0.1) is 0 Å². The van der Waals surface area contributed by atoms with Gasteiger partial charge in [-0.2, -0.15) is 0 Å². The average molecular weight is 296 g/mol. The maximum atomic E-state index is 12.3. The van der Waals surface area contributed by atoms with Gasteiger partial charge in [0.1, 0.15) is 0 Å². The van der Waals surface area contributed by atoms with Crippen LogP contribution in [0, 0.1) is 11.3 Å². The van der Waals surface area contributed by atoms with Crippen molar-refractivity contribution in [2.45, 2.75) is 52.6 Å². The summed E-state index contributed by atoms with van der Waals surface area (Å²) >= 11 is 0. The van der Waals surface area contributed by atoms with Crippen LogP contribution in [0.5, 0.6) is 0 Å². The monoisotopic (exact) mass is 296 g/mol. The van der Waals surface area contributed by atoms with E-state index < -0.39 is 0 Å². The van der Waals surface area contributed by atoms with Gasteiger partial charge in [-0.3, -0.25) is 9.59 Å². The fourth-order valence-electron chi connectivity index (χ4n) is 3.01. The van der Waals surface area contributed by atoms with Crippen LogP contribution in [0.25, 0.3) is 0 Å². The molecule has 2 amide bonds. The number of amides is 2. The predicted molar refractivity (Wildman–Crippen MR) is 80.7 cm³/mol. The average Bonchev–Trinajstić information content (AvgIpc) is 2.96. The van der Waals surface area contributed by atoms with E-state index in [0.717, 1.165) is 38.8 Å². The van der Waals surface area contributed by atoms with Gasteiger partial charge in [-0.1, -0.05) is 20.8 Å². The maximum Gasteiger partial charge on any atom is 0.227 e. The summed E-state index contributed by atoms with van der Waals surface area (Å²) in [5, 5.41) is 2.99. The van der Waals surface area contributed by atoms with Crippen molar-refractivity contribution in [3.8, 4) is 0 Å². The van der Waals surface area contributed by atoms with Gasteiger partial charge in [0, 0.05) is 31.7 Å². The molecular weight excluding hydrogens is 268 g/mol. The van der Waals surface area contributed by atoms with Crippen molar-refractivity contribution in [3.63, 3.8) is 0 Å². The molecular formula is C16H28N2O3. The Balaban J connectivity index is 1.82. The first-order valence-corrected chi connectivity index (χ1v) is 8.06. The molecule has 0 radical (unpaired) electrons. The van der Waals surface area contributed by atoms with Crippen LogP contribution in [0.2, 0.25) is 0 Å². The molecule has 2 aliphatic rings. The van der Waals surface area contributed by atoms with E-state index in [2.05, 4.69) is 5.32 Å². The van der Waals surface area contributed by atoms with Crippen LogP contribution in [-0.4, -0.2) is 49.1 Å². The first-order valence-electron chi connectivity index (χ1n) is 8.06. The van der Waals surface area contributed by atoms with E-state index >= 15 is 0 Å². The van der Waals surface area contributed by atoms with Crippen molar-refractivity contribution in [1.82, 2.24) is 10.2 Å². The number of rotatable bonds is 3. The van der Waals surface area contributed by atoms with Crippen LogP contribution in [-0.2, 0) is 14.3 Å². The lowest BCUT2D eigenvalue weighted by atomic mass is 9.91. The Kier molecular flexibility index (Phi) is 5.25. The van der Waals surface area contributed by atoms with Crippen molar-refractivity contribution in [3.05, 3.63) is 0 Å². The fraction of sp³-hybridized carbons (Fsp3) is 0.875. The third-order valence-corrected chi connectivity index (χ3v) is 4.25. The number of ether oxygens (including phenoxy) is 1. The molecule has 2 rings (SSSR count). The molecule has 0 unspecified atom stereocenters. The topological polar surface area (TPSA) is 58.6 Å². The highest BCUT2D eigenvalue weighted by molar-refractivity contribution is 5.83. The second-order valence-corrected chi connectivity index (χ2v) is 7.22. The quantitative estimate of drug-likeness (QED) is 0.860. The summed E-state index contributed by atoms with van der Waals surface area (Å²) in [7, 11) is 0. The van der Waals surface area contributed by atoms with E-state index in [-0.39, 0.29) is 29.3 Å². The highest BCUT2D eigenvalue weighted by atomic mass is 16.5. The van der Waals surface area contributed by atoms with Crippen molar-refractivity contribution in [1.29, 1.82) is 0 Å². The first-order chi connectivity index (χ1) is 9.88. The Bertz CT molecular complexity index is 383. The molecule has 0 bridgehead atoms. The Labute approximate surface area is 127 Å². The summed E-state index contributed by atoms with van der Waals surface area (Å²) in [6.45, 7) is 8.50. The number of likely N-dealkylation sites (tertiary alicyclic amines) is 1. The number of carbonyl (C=O) groups is 2. The largest absolute Gasteiger partial charge is 0.376 e. The molecule has 5 nitrogen and oxygen atoms in total. The molecule has 120 valence electrons. The second-order valence-electron chi connectivity index (χ2n) is 7.22. The Morgan fingerprint density at radius 2 is 2.00 bits per heavy atom. The molecule has 5 heteroatoms. The van der Waals surface area contributed by atoms with Crippen LogP contribution in [0.3, 0.4) is 0 Å². The van der Waals surface area contributed by atoms with Crippen molar-refractivity contribution < 1.29 is 14.3 Å². The Morgan fingerprint density at radius 1 is 1.24 bits per heavy atom. The van der Waals surface area contributed by atoms with Crippen LogP contribution >= 0.6 is 0 Å². The third-order valence-electron chi connectivity index (χ3n) is 4.25. The summed E-state index contributed by atoms with van der Waals surface area (Å²) in [4.78, 5) is 26.4. The van der Waals surface area contributed by atoms with Gasteiger partial charge in [-0.25, -0.2) is 0 Å². The van der Waals surface area contributed by atoms with Crippen LogP contribution in [0.15, 0.2) is 0 Å². The second kappa shape index (κ2) is 6.77. The molecule has 0 aliphatic carbocycles. The molecule has 2 aliphatic heterocycles. The number of nitrogens with one attached hydrogen (secondary N) is 1. The Hall–Kier alpha value is -1.10. The SMILES string of the molecule is CC(C)(C)C(=O)N1CCC[C@H](C(=O)NC[C@@H]2CCCO2)C1. The zero-order valence-electron chi connectivity index (χ0n) is 13.5. The molecule has 21 heavy (non-hydrogen) atoms. The molecule has 2 heterocycles. The van der Waals surface area contributed by atoms with Gasteiger partial charge in [-0.05, 0) is 25.7 Å². The zero-order valence-corrected chi connectivity index (χ0v) is 13.5. The third kappa shape index (κ3) is 4.43. The minimum Gasteiger partial charge on any atom is -0.376 e. The lowest BCUT2D eigenvalue weighted by molar-refractivity contribution is -0.142. The minimum absolute atomic E-state index is 0.0666. The number of nitrogens with zero attached hydrogens (tertiary/aromatic N) is 1. The van der Waals surface area contributed by atoms with Crippen molar-refractivity contribution >= 4 is 11.8 Å². The number of hydrogen-bond acceptors (Lipinski definition) is 3. The summed E-state index contributed by atoms with van der Waals surface area (Å²) in [5.41, 5.74) is -0.379. The first kappa shape index (κ1) is 16.3. The van der Waals surface area contributed by atoms with Gasteiger partial charge >= 0.3 is 0 Å². The van der Waals surface area contributed by atoms with Gasteiger partial charge in [0.05, 0.1) is 12.0 Å². The highest BCUT2D eigenvalue weighted by Crippen LogP contribution is 2.23. The van der Waals surface area contributed by atoms with Gasteiger partial charge < -0.3 is 15.0 Å². The fourth-order valence-corrected chi connectivity index (χ4v) is 3.01. The zero-order chi connectivity index (χ0) is 15.5. The van der Waals surface area contributed by atoms with Gasteiger partial charge in [0.2, 0.25) is 11.8 Å². The predicted octanol–water partition coefficient (Wildman–Crippen LogP) is 1.57. The lowest BCUT2D eigenvalue weighted by Gasteiger charge is -2.36. The molecule has 0 spiro atoms. The molecule has 1 N–H and O–H groups in total.